The Morgan fingerprint density at radius 3 is 1.53 bits per heavy atom. The van der Waals surface area contributed by atoms with E-state index in [1.807, 2.05) is 18.2 Å². The van der Waals surface area contributed by atoms with Crippen molar-refractivity contribution in [2.75, 3.05) is 0 Å². The molecule has 0 spiro atoms. The van der Waals surface area contributed by atoms with Gasteiger partial charge < -0.3 is 9.13 Å². The number of nitrogens with zero attached hydrogens (tertiary/aromatic N) is 2. The van der Waals surface area contributed by atoms with Gasteiger partial charge in [0, 0.05) is 49.5 Å². The van der Waals surface area contributed by atoms with Crippen LogP contribution in [0.1, 0.15) is 40.9 Å². The van der Waals surface area contributed by atoms with Crippen LogP contribution in [0.3, 0.4) is 0 Å². The van der Waals surface area contributed by atoms with Crippen LogP contribution in [0.15, 0.2) is 182 Å². The number of para-hydroxylation sites is 2. The van der Waals surface area contributed by atoms with Crippen LogP contribution in [-0.4, -0.2) is 14.9 Å². The normalized spacial score (nSPS) is 13.5. The van der Waals surface area contributed by atoms with Gasteiger partial charge in [-0.2, -0.15) is 0 Å². The number of carbonyl (C=O) groups is 1. The van der Waals surface area contributed by atoms with Gasteiger partial charge in [0.05, 0.1) is 22.1 Å². The zero-order valence-electron chi connectivity index (χ0n) is 30.6. The van der Waals surface area contributed by atoms with Crippen LogP contribution in [0.4, 0.5) is 0 Å². The van der Waals surface area contributed by atoms with Gasteiger partial charge in [-0.3, -0.25) is 4.79 Å². The second-order valence-corrected chi connectivity index (χ2v) is 15.3. The van der Waals surface area contributed by atoms with E-state index < -0.39 is 0 Å². The third-order valence-electron chi connectivity index (χ3n) is 11.9. The van der Waals surface area contributed by atoms with Gasteiger partial charge in [0.2, 0.25) is 0 Å². The van der Waals surface area contributed by atoms with Gasteiger partial charge in [0.15, 0.2) is 5.78 Å². The maximum Gasteiger partial charge on any atom is 0.193 e. The predicted octanol–water partition coefficient (Wildman–Crippen LogP) is 13.1. The zero-order chi connectivity index (χ0) is 36.8. The van der Waals surface area contributed by atoms with Crippen LogP contribution < -0.4 is 0 Å². The second kappa shape index (κ2) is 11.8. The molecule has 3 heteroatoms. The molecule has 11 rings (SSSR count). The highest BCUT2D eigenvalue weighted by Gasteiger charge is 2.36. The first-order valence-electron chi connectivity index (χ1n) is 19.0. The van der Waals surface area contributed by atoms with Crippen LogP contribution in [0.5, 0.6) is 0 Å². The molecule has 0 saturated carbocycles. The van der Waals surface area contributed by atoms with E-state index in [9.17, 15) is 4.79 Å². The van der Waals surface area contributed by atoms with Crippen LogP contribution in [0, 0.1) is 0 Å². The number of hydrogen-bond donors (Lipinski definition) is 0. The van der Waals surface area contributed by atoms with Gasteiger partial charge in [0.25, 0.3) is 0 Å². The molecule has 0 amide bonds. The first-order valence-corrected chi connectivity index (χ1v) is 19.0. The fourth-order valence-electron chi connectivity index (χ4n) is 9.22. The molecule has 0 bridgehead atoms. The Bertz CT molecular complexity index is 3180. The van der Waals surface area contributed by atoms with E-state index in [-0.39, 0.29) is 11.2 Å². The van der Waals surface area contributed by atoms with E-state index in [2.05, 4.69) is 187 Å². The van der Waals surface area contributed by atoms with Crippen molar-refractivity contribution < 1.29 is 4.79 Å². The SMILES string of the molecule is CC1(C)c2ccccc2C(=O)c2cc(-n3c4ccc(-c5ccccc5)cc4c4cc(-c5ccc6c(c5)c5ccccc5n6-c5ccccc5)ccc43)ccc21. The van der Waals surface area contributed by atoms with Gasteiger partial charge in [-0.1, -0.05) is 129 Å². The van der Waals surface area contributed by atoms with Crippen molar-refractivity contribution >= 4 is 49.4 Å². The predicted molar refractivity (Wildman–Crippen MR) is 228 cm³/mol. The molecule has 2 aromatic heterocycles. The lowest BCUT2D eigenvalue weighted by atomic mass is 9.68. The monoisotopic (exact) mass is 704 g/mol. The first-order chi connectivity index (χ1) is 27.0. The summed E-state index contributed by atoms with van der Waals surface area (Å²) in [5.74, 6) is 0.0882. The highest BCUT2D eigenvalue weighted by Crippen LogP contribution is 2.44. The van der Waals surface area contributed by atoms with E-state index in [1.54, 1.807) is 0 Å². The maximum atomic E-state index is 14.1. The van der Waals surface area contributed by atoms with E-state index >= 15 is 0 Å². The fourth-order valence-corrected chi connectivity index (χ4v) is 9.22. The van der Waals surface area contributed by atoms with Gasteiger partial charge in [-0.05, 0) is 100 Å². The average molecular weight is 705 g/mol. The molecule has 0 aliphatic heterocycles. The Morgan fingerprint density at radius 1 is 0.364 bits per heavy atom. The summed E-state index contributed by atoms with van der Waals surface area (Å²) in [6.07, 6.45) is 0. The maximum absolute atomic E-state index is 14.1. The molecule has 1 aliphatic carbocycles. The van der Waals surface area contributed by atoms with E-state index in [1.165, 1.54) is 49.3 Å². The molecule has 2 heterocycles. The summed E-state index contributed by atoms with van der Waals surface area (Å²) in [6.45, 7) is 4.45. The molecular formula is C52H36N2O. The van der Waals surface area contributed by atoms with Crippen LogP contribution in [0.25, 0.3) is 77.2 Å². The topological polar surface area (TPSA) is 26.9 Å². The summed E-state index contributed by atoms with van der Waals surface area (Å²) in [6, 6.07) is 64.9. The van der Waals surface area contributed by atoms with Crippen molar-refractivity contribution in [1.82, 2.24) is 9.13 Å². The van der Waals surface area contributed by atoms with Crippen LogP contribution >= 0.6 is 0 Å². The number of benzene rings is 8. The van der Waals surface area contributed by atoms with Gasteiger partial charge in [0.1, 0.15) is 0 Å². The molecule has 8 aromatic carbocycles. The number of rotatable bonds is 4. The molecule has 0 saturated heterocycles. The summed E-state index contributed by atoms with van der Waals surface area (Å²) in [5.41, 5.74) is 14.9. The highest BCUT2D eigenvalue weighted by molar-refractivity contribution is 6.15. The molecule has 0 fully saturated rings. The smallest absolute Gasteiger partial charge is 0.193 e. The number of fused-ring (bicyclic) bond motifs is 8. The Hall–Kier alpha value is -6.97. The molecule has 0 N–H and O–H groups in total. The highest BCUT2D eigenvalue weighted by atomic mass is 16.1. The van der Waals surface area contributed by atoms with Crippen LogP contribution in [0.2, 0.25) is 0 Å². The molecule has 260 valence electrons. The number of ketones is 1. The Balaban J connectivity index is 1.12. The number of carbonyl (C=O) groups excluding carboxylic acids is 1. The Morgan fingerprint density at radius 2 is 0.855 bits per heavy atom. The number of aromatic nitrogens is 2. The number of hydrogen-bond acceptors (Lipinski definition) is 1. The minimum Gasteiger partial charge on any atom is -0.309 e. The lowest BCUT2D eigenvalue weighted by molar-refractivity contribution is 0.103. The summed E-state index contributed by atoms with van der Waals surface area (Å²) < 4.78 is 4.69. The molecular weight excluding hydrogens is 669 g/mol. The van der Waals surface area contributed by atoms with E-state index in [0.717, 1.165) is 50.2 Å². The van der Waals surface area contributed by atoms with Crippen molar-refractivity contribution in [2.45, 2.75) is 19.3 Å². The van der Waals surface area contributed by atoms with Gasteiger partial charge in [-0.25, -0.2) is 0 Å². The zero-order valence-corrected chi connectivity index (χ0v) is 30.6. The Labute approximate surface area is 319 Å². The minimum absolute atomic E-state index is 0.0882. The van der Waals surface area contributed by atoms with Crippen molar-refractivity contribution in [3.05, 3.63) is 204 Å². The second-order valence-electron chi connectivity index (χ2n) is 15.3. The lowest BCUT2D eigenvalue weighted by Gasteiger charge is -2.34. The molecule has 1 aliphatic rings. The third kappa shape index (κ3) is 4.66. The lowest BCUT2D eigenvalue weighted by Crippen LogP contribution is -2.30. The van der Waals surface area contributed by atoms with Crippen molar-refractivity contribution in [3.8, 4) is 33.6 Å². The molecule has 0 radical (unpaired) electrons. The molecule has 10 aromatic rings. The van der Waals surface area contributed by atoms with E-state index in [0.29, 0.717) is 0 Å². The Kier molecular flexibility index (Phi) is 6.75. The summed E-state index contributed by atoms with van der Waals surface area (Å²) >= 11 is 0. The molecule has 0 atom stereocenters. The van der Waals surface area contributed by atoms with Crippen molar-refractivity contribution in [1.29, 1.82) is 0 Å². The van der Waals surface area contributed by atoms with E-state index in [4.69, 9.17) is 0 Å². The quantitative estimate of drug-likeness (QED) is 0.179. The summed E-state index contributed by atoms with van der Waals surface area (Å²) in [7, 11) is 0. The van der Waals surface area contributed by atoms with Crippen molar-refractivity contribution in [2.24, 2.45) is 0 Å². The largest absolute Gasteiger partial charge is 0.309 e. The molecule has 55 heavy (non-hydrogen) atoms. The van der Waals surface area contributed by atoms with Crippen molar-refractivity contribution in [3.63, 3.8) is 0 Å². The fraction of sp³-hybridized carbons (Fsp3) is 0.0577. The summed E-state index contributed by atoms with van der Waals surface area (Å²) in [4.78, 5) is 14.1. The molecule has 0 unspecified atom stereocenters. The standard InChI is InChI=1S/C52H36N2O/c1-52(2)45-19-11-9-18-40(45)51(55)44-32-38(24-25-46(44)52)54-49-26-21-34(33-13-5-3-6-14-33)29-42(49)43-31-36(23-28-50(43)54)35-22-27-48-41(30-35)39-17-10-12-20-47(39)53(48)37-15-7-4-8-16-37/h3-32H,1-2H3. The van der Waals surface area contributed by atoms with Crippen LogP contribution in [-0.2, 0) is 5.41 Å². The third-order valence-corrected chi connectivity index (χ3v) is 11.9. The van der Waals surface area contributed by atoms with Gasteiger partial charge >= 0.3 is 0 Å². The molecule has 3 nitrogen and oxygen atoms in total. The first kappa shape index (κ1) is 31.5. The summed E-state index contributed by atoms with van der Waals surface area (Å²) in [5, 5.41) is 4.82. The minimum atomic E-state index is -0.285. The van der Waals surface area contributed by atoms with Gasteiger partial charge in [-0.15, -0.1) is 0 Å². The average Bonchev–Trinajstić information content (AvgIpc) is 3.75.